The third-order valence-electron chi connectivity index (χ3n) is 2.78. The summed E-state index contributed by atoms with van der Waals surface area (Å²) in [7, 11) is 0. The molecular weight excluding hydrogens is 228 g/mol. The summed E-state index contributed by atoms with van der Waals surface area (Å²) >= 11 is 0. The summed E-state index contributed by atoms with van der Waals surface area (Å²) in [4.78, 5) is 22.3. The summed E-state index contributed by atoms with van der Waals surface area (Å²) < 4.78 is 5.09. The molecule has 18 heavy (non-hydrogen) atoms. The van der Waals surface area contributed by atoms with E-state index >= 15 is 0 Å². The Morgan fingerprint density at radius 3 is 2.50 bits per heavy atom. The lowest BCUT2D eigenvalue weighted by Crippen LogP contribution is -2.10. The Morgan fingerprint density at radius 1 is 1.22 bits per heavy atom. The van der Waals surface area contributed by atoms with Gasteiger partial charge in [0.05, 0.1) is 13.0 Å². The number of esters is 1. The van der Waals surface area contributed by atoms with E-state index < -0.39 is 0 Å². The van der Waals surface area contributed by atoms with E-state index in [0.29, 0.717) is 25.9 Å². The molecule has 0 amide bonds. The zero-order valence-electron chi connectivity index (χ0n) is 11.0. The molecular formula is C15H20O3. The molecule has 0 aliphatic rings. The second-order valence-electron chi connectivity index (χ2n) is 4.54. The molecule has 0 aliphatic heterocycles. The Balaban J connectivity index is 2.26. The lowest BCUT2D eigenvalue weighted by Gasteiger charge is -2.11. The number of hydrogen-bond acceptors (Lipinski definition) is 3. The molecule has 1 aromatic rings. The highest BCUT2D eigenvalue weighted by molar-refractivity contribution is 5.75. The molecule has 3 nitrogen and oxygen atoms in total. The second-order valence-corrected chi connectivity index (χ2v) is 4.54. The number of ether oxygens (including phenoxy) is 1. The van der Waals surface area contributed by atoms with Gasteiger partial charge in [-0.25, -0.2) is 0 Å². The number of Topliss-reactive ketones (excluding diaryl/α,β-unsaturated/α-hetero) is 1. The highest BCUT2D eigenvalue weighted by Gasteiger charge is 2.11. The van der Waals surface area contributed by atoms with Crippen LogP contribution in [0, 0.1) is 0 Å². The quantitative estimate of drug-likeness (QED) is 0.550. The maximum Gasteiger partial charge on any atom is 0.306 e. The van der Waals surface area contributed by atoms with Crippen LogP contribution >= 0.6 is 0 Å². The van der Waals surface area contributed by atoms with E-state index in [1.807, 2.05) is 37.3 Å². The maximum atomic E-state index is 11.6. The summed E-state index contributed by atoms with van der Waals surface area (Å²) in [6.45, 7) is 3.88. The zero-order chi connectivity index (χ0) is 13.4. The van der Waals surface area contributed by atoms with Crippen LogP contribution in [0.25, 0.3) is 0 Å². The maximum absolute atomic E-state index is 11.6. The fourth-order valence-corrected chi connectivity index (χ4v) is 1.72. The summed E-state index contributed by atoms with van der Waals surface area (Å²) in [5.74, 6) is 0.0881. The lowest BCUT2D eigenvalue weighted by molar-refractivity contribution is -0.144. The van der Waals surface area contributed by atoms with Crippen LogP contribution in [0.5, 0.6) is 0 Å². The summed E-state index contributed by atoms with van der Waals surface area (Å²) in [5, 5.41) is 0. The fraction of sp³-hybridized carbons (Fsp3) is 0.467. The molecule has 1 atom stereocenters. The molecule has 1 aromatic carbocycles. The standard InChI is InChI=1S/C15H20O3/c1-12(14-8-4-3-5-9-14)11-15(17)18-10-6-7-13(2)16/h3-5,8-9,12H,6-7,10-11H2,1-2H3. The molecule has 0 aromatic heterocycles. The molecule has 0 N–H and O–H groups in total. The van der Waals surface area contributed by atoms with Gasteiger partial charge in [0.15, 0.2) is 0 Å². The molecule has 0 bridgehead atoms. The Hall–Kier alpha value is -1.64. The predicted molar refractivity (Wildman–Crippen MR) is 70.3 cm³/mol. The monoisotopic (exact) mass is 248 g/mol. The first-order chi connectivity index (χ1) is 8.59. The molecule has 1 unspecified atom stereocenters. The molecule has 0 heterocycles. The van der Waals surface area contributed by atoms with E-state index in [-0.39, 0.29) is 17.7 Å². The third-order valence-corrected chi connectivity index (χ3v) is 2.78. The van der Waals surface area contributed by atoms with Crippen LogP contribution in [0.2, 0.25) is 0 Å². The Bertz CT molecular complexity index is 384. The van der Waals surface area contributed by atoms with Crippen LogP contribution in [0.3, 0.4) is 0 Å². The highest BCUT2D eigenvalue weighted by Crippen LogP contribution is 2.18. The number of benzene rings is 1. The smallest absolute Gasteiger partial charge is 0.306 e. The van der Waals surface area contributed by atoms with Gasteiger partial charge in [-0.3, -0.25) is 4.79 Å². The van der Waals surface area contributed by atoms with Crippen molar-refractivity contribution in [3.63, 3.8) is 0 Å². The first-order valence-electron chi connectivity index (χ1n) is 6.29. The van der Waals surface area contributed by atoms with Gasteiger partial charge in [-0.05, 0) is 24.8 Å². The minimum Gasteiger partial charge on any atom is -0.466 e. The summed E-state index contributed by atoms with van der Waals surface area (Å²) in [6, 6.07) is 9.89. The Labute approximate surface area is 108 Å². The zero-order valence-corrected chi connectivity index (χ0v) is 11.0. The molecule has 0 radical (unpaired) electrons. The van der Waals surface area contributed by atoms with Crippen LogP contribution in [0.1, 0.15) is 44.6 Å². The molecule has 0 aliphatic carbocycles. The second kappa shape index (κ2) is 7.64. The van der Waals surface area contributed by atoms with Crippen LogP contribution in [0.4, 0.5) is 0 Å². The van der Waals surface area contributed by atoms with Crippen molar-refractivity contribution >= 4 is 11.8 Å². The van der Waals surface area contributed by atoms with Crippen molar-refractivity contribution in [1.82, 2.24) is 0 Å². The molecule has 0 spiro atoms. The van der Waals surface area contributed by atoms with Gasteiger partial charge in [0.2, 0.25) is 0 Å². The van der Waals surface area contributed by atoms with Crippen molar-refractivity contribution in [3.05, 3.63) is 35.9 Å². The van der Waals surface area contributed by atoms with E-state index in [1.165, 1.54) is 0 Å². The summed E-state index contributed by atoms with van der Waals surface area (Å²) in [6.07, 6.45) is 1.46. The number of carbonyl (C=O) groups is 2. The highest BCUT2D eigenvalue weighted by atomic mass is 16.5. The van der Waals surface area contributed by atoms with Crippen molar-refractivity contribution in [2.75, 3.05) is 6.61 Å². The van der Waals surface area contributed by atoms with E-state index in [2.05, 4.69) is 0 Å². The van der Waals surface area contributed by atoms with E-state index in [9.17, 15) is 9.59 Å². The van der Waals surface area contributed by atoms with Crippen molar-refractivity contribution in [1.29, 1.82) is 0 Å². The normalized spacial score (nSPS) is 11.9. The molecule has 0 fully saturated rings. The predicted octanol–water partition coefficient (Wildman–Crippen LogP) is 3.09. The minimum atomic E-state index is -0.199. The average Bonchev–Trinajstić information content (AvgIpc) is 2.35. The molecule has 0 saturated heterocycles. The van der Waals surface area contributed by atoms with Gasteiger partial charge in [-0.15, -0.1) is 0 Å². The molecule has 1 rings (SSSR count). The minimum absolute atomic E-state index is 0.128. The molecule has 98 valence electrons. The van der Waals surface area contributed by atoms with E-state index in [4.69, 9.17) is 4.74 Å². The molecule has 3 heteroatoms. The van der Waals surface area contributed by atoms with Crippen molar-refractivity contribution in [2.45, 2.75) is 39.0 Å². The van der Waals surface area contributed by atoms with E-state index in [1.54, 1.807) is 6.92 Å². The first-order valence-corrected chi connectivity index (χ1v) is 6.29. The average molecular weight is 248 g/mol. The first kappa shape index (κ1) is 14.4. The number of hydrogen-bond donors (Lipinski definition) is 0. The van der Waals surface area contributed by atoms with Gasteiger partial charge in [-0.1, -0.05) is 37.3 Å². The third kappa shape index (κ3) is 5.62. The number of carbonyl (C=O) groups excluding carboxylic acids is 2. The Kier molecular flexibility index (Phi) is 6.12. The van der Waals surface area contributed by atoms with Crippen LogP contribution < -0.4 is 0 Å². The van der Waals surface area contributed by atoms with Crippen LogP contribution in [0.15, 0.2) is 30.3 Å². The molecule has 0 saturated carbocycles. The van der Waals surface area contributed by atoms with Gasteiger partial charge in [0, 0.05) is 6.42 Å². The largest absolute Gasteiger partial charge is 0.466 e. The van der Waals surface area contributed by atoms with Gasteiger partial charge >= 0.3 is 5.97 Å². The number of rotatable bonds is 7. The van der Waals surface area contributed by atoms with Gasteiger partial charge in [-0.2, -0.15) is 0 Å². The van der Waals surface area contributed by atoms with E-state index in [0.717, 1.165) is 5.56 Å². The van der Waals surface area contributed by atoms with Crippen molar-refractivity contribution in [3.8, 4) is 0 Å². The Morgan fingerprint density at radius 2 is 1.89 bits per heavy atom. The van der Waals surface area contributed by atoms with Crippen LogP contribution in [-0.4, -0.2) is 18.4 Å². The number of ketones is 1. The van der Waals surface area contributed by atoms with Crippen LogP contribution in [-0.2, 0) is 14.3 Å². The van der Waals surface area contributed by atoms with Crippen molar-refractivity contribution < 1.29 is 14.3 Å². The SMILES string of the molecule is CC(=O)CCCOC(=O)CC(C)c1ccccc1. The van der Waals surface area contributed by atoms with Gasteiger partial charge in [0.1, 0.15) is 5.78 Å². The van der Waals surface area contributed by atoms with Gasteiger partial charge < -0.3 is 9.53 Å². The lowest BCUT2D eigenvalue weighted by atomic mass is 9.98. The van der Waals surface area contributed by atoms with Crippen molar-refractivity contribution in [2.24, 2.45) is 0 Å². The van der Waals surface area contributed by atoms with Gasteiger partial charge in [0.25, 0.3) is 0 Å². The topological polar surface area (TPSA) is 43.4 Å². The fourth-order valence-electron chi connectivity index (χ4n) is 1.72. The summed E-state index contributed by atoms with van der Waals surface area (Å²) in [5.41, 5.74) is 1.14.